The third-order valence-electron chi connectivity index (χ3n) is 2.78. The van der Waals surface area contributed by atoms with Crippen molar-refractivity contribution < 1.29 is 14.3 Å². The van der Waals surface area contributed by atoms with Gasteiger partial charge in [-0.3, -0.25) is 5.43 Å². The molecule has 1 aromatic carbocycles. The van der Waals surface area contributed by atoms with Crippen LogP contribution < -0.4 is 20.3 Å². The lowest BCUT2D eigenvalue weighted by Gasteiger charge is -2.27. The van der Waals surface area contributed by atoms with Crippen molar-refractivity contribution in [2.75, 3.05) is 25.2 Å². The first-order valence-electron chi connectivity index (χ1n) is 5.99. The minimum absolute atomic E-state index is 0.291. The van der Waals surface area contributed by atoms with Gasteiger partial charge in [0, 0.05) is 6.07 Å². The lowest BCUT2D eigenvalue weighted by atomic mass is 10.2. The minimum Gasteiger partial charge on any atom is -0.486 e. The molecule has 2 heterocycles. The fourth-order valence-electron chi connectivity index (χ4n) is 1.90. The van der Waals surface area contributed by atoms with E-state index in [4.69, 9.17) is 9.47 Å². The molecule has 7 nitrogen and oxygen atoms in total. The van der Waals surface area contributed by atoms with Crippen LogP contribution in [0.25, 0.3) is 0 Å². The van der Waals surface area contributed by atoms with Crippen molar-refractivity contribution in [3.63, 3.8) is 0 Å². The molecule has 0 unspecified atom stereocenters. The van der Waals surface area contributed by atoms with Gasteiger partial charge in [-0.1, -0.05) is 0 Å². The molecule has 1 aromatic rings. The number of ether oxygens (including phenoxy) is 2. The zero-order chi connectivity index (χ0) is 13.2. The van der Waals surface area contributed by atoms with Gasteiger partial charge in [0.05, 0.1) is 17.9 Å². The number of hydrogen-bond donors (Lipinski definition) is 2. The summed E-state index contributed by atoms with van der Waals surface area (Å²) in [6.07, 6.45) is 0. The Hall–Kier alpha value is -2.44. The Balaban J connectivity index is 1.76. The molecule has 0 aliphatic carbocycles. The van der Waals surface area contributed by atoms with Gasteiger partial charge in [-0.2, -0.15) is 5.10 Å². The van der Waals surface area contributed by atoms with Crippen LogP contribution in [-0.2, 0) is 0 Å². The highest BCUT2D eigenvalue weighted by Crippen LogP contribution is 2.32. The second-order valence-electron chi connectivity index (χ2n) is 4.32. The minimum atomic E-state index is -0.291. The van der Waals surface area contributed by atoms with Crippen molar-refractivity contribution in [2.45, 2.75) is 6.92 Å². The second kappa shape index (κ2) is 4.68. The number of rotatable bonds is 2. The standard InChI is InChI=1S/C12H14N4O3/c1-8-7-16(12(17)14-13-8)15-9-2-3-10-11(6-9)19-5-4-18-10/h2-3,6,15H,4-5,7H2,1H3,(H,14,17). The van der Waals surface area contributed by atoms with Gasteiger partial charge >= 0.3 is 6.03 Å². The molecule has 0 saturated heterocycles. The van der Waals surface area contributed by atoms with E-state index in [1.807, 2.05) is 25.1 Å². The summed E-state index contributed by atoms with van der Waals surface area (Å²) >= 11 is 0. The van der Waals surface area contributed by atoms with Crippen LogP contribution in [0.5, 0.6) is 11.5 Å². The SMILES string of the molecule is CC1=NNC(=O)N(Nc2ccc3c(c2)OCCO3)C1. The first kappa shape index (κ1) is 11.6. The van der Waals surface area contributed by atoms with Gasteiger partial charge in [0.25, 0.3) is 0 Å². The van der Waals surface area contributed by atoms with E-state index in [1.54, 1.807) is 0 Å². The average molecular weight is 262 g/mol. The predicted molar refractivity (Wildman–Crippen MR) is 69.4 cm³/mol. The Kier molecular flexibility index (Phi) is 2.86. The van der Waals surface area contributed by atoms with E-state index in [9.17, 15) is 4.79 Å². The second-order valence-corrected chi connectivity index (χ2v) is 4.32. The molecule has 0 spiro atoms. The smallest absolute Gasteiger partial charge is 0.356 e. The number of nitrogens with zero attached hydrogens (tertiary/aromatic N) is 2. The molecule has 2 aliphatic heterocycles. The topological polar surface area (TPSA) is 75.2 Å². The van der Waals surface area contributed by atoms with Gasteiger partial charge in [-0.25, -0.2) is 15.2 Å². The number of fused-ring (bicyclic) bond motifs is 1. The van der Waals surface area contributed by atoms with Crippen molar-refractivity contribution in [1.29, 1.82) is 0 Å². The van der Waals surface area contributed by atoms with E-state index in [0.29, 0.717) is 25.5 Å². The van der Waals surface area contributed by atoms with E-state index < -0.39 is 0 Å². The maximum atomic E-state index is 11.6. The van der Waals surface area contributed by atoms with Gasteiger partial charge in [0.2, 0.25) is 0 Å². The summed E-state index contributed by atoms with van der Waals surface area (Å²) in [5, 5.41) is 5.32. The summed E-state index contributed by atoms with van der Waals surface area (Å²) < 4.78 is 10.9. The number of hydrazone groups is 1. The lowest BCUT2D eigenvalue weighted by Crippen LogP contribution is -2.48. The van der Waals surface area contributed by atoms with Crippen molar-refractivity contribution in [3.05, 3.63) is 18.2 Å². The Labute approximate surface area is 110 Å². The molecule has 2 amide bonds. The molecular formula is C12H14N4O3. The van der Waals surface area contributed by atoms with Crippen molar-refractivity contribution in [3.8, 4) is 11.5 Å². The molecule has 0 atom stereocenters. The molecule has 7 heteroatoms. The third kappa shape index (κ3) is 2.40. The summed E-state index contributed by atoms with van der Waals surface area (Å²) in [7, 11) is 0. The number of hydrazine groups is 1. The van der Waals surface area contributed by atoms with Crippen LogP contribution >= 0.6 is 0 Å². The van der Waals surface area contributed by atoms with Gasteiger partial charge in [-0.15, -0.1) is 0 Å². The third-order valence-corrected chi connectivity index (χ3v) is 2.78. The number of amides is 2. The molecule has 0 aromatic heterocycles. The molecule has 0 bridgehead atoms. The molecule has 19 heavy (non-hydrogen) atoms. The number of anilines is 1. The summed E-state index contributed by atoms with van der Waals surface area (Å²) in [4.78, 5) is 11.6. The van der Waals surface area contributed by atoms with Gasteiger partial charge in [-0.05, 0) is 19.1 Å². The highest BCUT2D eigenvalue weighted by Gasteiger charge is 2.19. The zero-order valence-electron chi connectivity index (χ0n) is 10.5. The molecule has 0 saturated carbocycles. The number of carbonyl (C=O) groups is 1. The normalized spacial score (nSPS) is 17.6. The fraction of sp³-hybridized carbons (Fsp3) is 0.333. The largest absolute Gasteiger partial charge is 0.486 e. The molecule has 100 valence electrons. The Morgan fingerprint density at radius 1 is 1.32 bits per heavy atom. The quantitative estimate of drug-likeness (QED) is 0.839. The van der Waals surface area contributed by atoms with Crippen LogP contribution in [0.4, 0.5) is 10.5 Å². The highest BCUT2D eigenvalue weighted by molar-refractivity contribution is 5.92. The molecule has 0 fully saturated rings. The summed E-state index contributed by atoms with van der Waals surface area (Å²) in [6, 6.07) is 5.17. The maximum Gasteiger partial charge on any atom is 0.356 e. The molecule has 0 radical (unpaired) electrons. The Bertz CT molecular complexity index is 544. The molecule has 2 N–H and O–H groups in total. The van der Waals surface area contributed by atoms with Crippen molar-refractivity contribution >= 4 is 17.4 Å². The molecular weight excluding hydrogens is 248 g/mol. The number of hydrogen-bond acceptors (Lipinski definition) is 5. The van der Waals surface area contributed by atoms with Crippen LogP contribution in [0.15, 0.2) is 23.3 Å². The summed E-state index contributed by atoms with van der Waals surface area (Å²) in [6.45, 7) is 3.37. The lowest BCUT2D eigenvalue weighted by molar-refractivity contribution is 0.171. The summed E-state index contributed by atoms with van der Waals surface area (Å²) in [5.74, 6) is 1.40. The first-order chi connectivity index (χ1) is 9.22. The number of nitrogens with one attached hydrogen (secondary N) is 2. The van der Waals surface area contributed by atoms with Crippen LogP contribution in [0.2, 0.25) is 0 Å². The van der Waals surface area contributed by atoms with E-state index >= 15 is 0 Å². The van der Waals surface area contributed by atoms with E-state index in [0.717, 1.165) is 17.1 Å². The van der Waals surface area contributed by atoms with Crippen LogP contribution in [0, 0.1) is 0 Å². The van der Waals surface area contributed by atoms with Crippen LogP contribution in [0.3, 0.4) is 0 Å². The Morgan fingerprint density at radius 2 is 2.11 bits per heavy atom. The first-order valence-corrected chi connectivity index (χ1v) is 5.99. The van der Waals surface area contributed by atoms with E-state index in [-0.39, 0.29) is 6.03 Å². The van der Waals surface area contributed by atoms with Crippen molar-refractivity contribution in [2.24, 2.45) is 5.10 Å². The van der Waals surface area contributed by atoms with E-state index in [1.165, 1.54) is 5.01 Å². The highest BCUT2D eigenvalue weighted by atomic mass is 16.6. The van der Waals surface area contributed by atoms with E-state index in [2.05, 4.69) is 16.0 Å². The average Bonchev–Trinajstić information content (AvgIpc) is 2.43. The van der Waals surface area contributed by atoms with Gasteiger partial charge < -0.3 is 9.47 Å². The maximum absolute atomic E-state index is 11.6. The predicted octanol–water partition coefficient (Wildman–Crippen LogP) is 1.19. The number of carbonyl (C=O) groups excluding carboxylic acids is 1. The van der Waals surface area contributed by atoms with Gasteiger partial charge in [0.1, 0.15) is 13.2 Å². The Morgan fingerprint density at radius 3 is 2.95 bits per heavy atom. The fourth-order valence-corrected chi connectivity index (χ4v) is 1.90. The number of benzene rings is 1. The molecule has 3 rings (SSSR count). The monoisotopic (exact) mass is 262 g/mol. The van der Waals surface area contributed by atoms with Gasteiger partial charge in [0.15, 0.2) is 11.5 Å². The molecule has 2 aliphatic rings. The summed E-state index contributed by atoms with van der Waals surface area (Å²) in [5.41, 5.74) is 7.02. The number of urea groups is 1. The van der Waals surface area contributed by atoms with Crippen LogP contribution in [0.1, 0.15) is 6.92 Å². The zero-order valence-corrected chi connectivity index (χ0v) is 10.5. The van der Waals surface area contributed by atoms with Crippen LogP contribution in [-0.4, -0.2) is 36.5 Å². The van der Waals surface area contributed by atoms with Crippen molar-refractivity contribution in [1.82, 2.24) is 10.4 Å².